The standard InChI is InChI=1S/C15H20BrFN2O2/c16-14-9-10(17)1-6-13(14)15(20)19-7-8-21-12-4-2-11(18)3-5-12/h1,6,9,11-12H,2-5,7-8,18H2,(H,19,20). The third-order valence-electron chi connectivity index (χ3n) is 3.64. The highest BCUT2D eigenvalue weighted by molar-refractivity contribution is 9.10. The maximum Gasteiger partial charge on any atom is 0.252 e. The average Bonchev–Trinajstić information content (AvgIpc) is 2.45. The van der Waals surface area contributed by atoms with Gasteiger partial charge in [-0.25, -0.2) is 4.39 Å². The molecule has 0 radical (unpaired) electrons. The number of amides is 1. The lowest BCUT2D eigenvalue weighted by atomic mass is 9.94. The molecule has 1 aliphatic carbocycles. The van der Waals surface area contributed by atoms with Crippen LogP contribution >= 0.6 is 15.9 Å². The van der Waals surface area contributed by atoms with Gasteiger partial charge in [-0.15, -0.1) is 0 Å². The molecule has 0 heterocycles. The monoisotopic (exact) mass is 358 g/mol. The predicted octanol–water partition coefficient (Wildman–Crippen LogP) is 2.60. The van der Waals surface area contributed by atoms with Gasteiger partial charge in [0, 0.05) is 17.1 Å². The van der Waals surface area contributed by atoms with Gasteiger partial charge in [0.25, 0.3) is 5.91 Å². The van der Waals surface area contributed by atoms with Gasteiger partial charge < -0.3 is 15.8 Å². The van der Waals surface area contributed by atoms with Gasteiger partial charge in [0.2, 0.25) is 0 Å². The maximum atomic E-state index is 13.0. The lowest BCUT2D eigenvalue weighted by Crippen LogP contribution is -2.33. The quantitative estimate of drug-likeness (QED) is 0.795. The number of hydrogen-bond acceptors (Lipinski definition) is 3. The van der Waals surface area contributed by atoms with Crippen LogP contribution < -0.4 is 11.1 Å². The normalized spacial score (nSPS) is 22.0. The van der Waals surface area contributed by atoms with Crippen LogP contribution in [-0.4, -0.2) is 31.2 Å². The van der Waals surface area contributed by atoms with Crippen molar-refractivity contribution in [2.45, 2.75) is 37.8 Å². The van der Waals surface area contributed by atoms with Crippen LogP contribution in [0.25, 0.3) is 0 Å². The first-order valence-corrected chi connectivity index (χ1v) is 7.96. The predicted molar refractivity (Wildman–Crippen MR) is 82.6 cm³/mol. The van der Waals surface area contributed by atoms with Crippen LogP contribution in [0.3, 0.4) is 0 Å². The van der Waals surface area contributed by atoms with E-state index in [0.717, 1.165) is 25.7 Å². The summed E-state index contributed by atoms with van der Waals surface area (Å²) in [5.41, 5.74) is 6.25. The molecule has 1 fully saturated rings. The van der Waals surface area contributed by atoms with Crippen molar-refractivity contribution >= 4 is 21.8 Å². The molecule has 21 heavy (non-hydrogen) atoms. The second-order valence-electron chi connectivity index (χ2n) is 5.29. The second-order valence-corrected chi connectivity index (χ2v) is 6.14. The zero-order chi connectivity index (χ0) is 15.2. The van der Waals surface area contributed by atoms with Crippen LogP contribution in [0, 0.1) is 5.82 Å². The lowest BCUT2D eigenvalue weighted by Gasteiger charge is -2.26. The van der Waals surface area contributed by atoms with Gasteiger partial charge in [-0.3, -0.25) is 4.79 Å². The van der Waals surface area contributed by atoms with Crippen molar-refractivity contribution in [3.8, 4) is 0 Å². The number of nitrogens with two attached hydrogens (primary N) is 1. The number of halogens is 2. The molecule has 3 N–H and O–H groups in total. The Morgan fingerprint density at radius 2 is 2.10 bits per heavy atom. The number of hydrogen-bond donors (Lipinski definition) is 2. The van der Waals surface area contributed by atoms with Crippen LogP contribution in [0.5, 0.6) is 0 Å². The number of rotatable bonds is 5. The Morgan fingerprint density at radius 1 is 1.38 bits per heavy atom. The molecule has 1 amide bonds. The highest BCUT2D eigenvalue weighted by atomic mass is 79.9. The minimum atomic E-state index is -0.378. The molecule has 2 rings (SSSR count). The summed E-state index contributed by atoms with van der Waals surface area (Å²) in [4.78, 5) is 11.9. The fourth-order valence-corrected chi connectivity index (χ4v) is 2.95. The molecule has 6 heteroatoms. The number of nitrogens with one attached hydrogen (secondary N) is 1. The molecular weight excluding hydrogens is 339 g/mol. The van der Waals surface area contributed by atoms with Gasteiger partial charge in [-0.2, -0.15) is 0 Å². The van der Waals surface area contributed by atoms with Crippen molar-refractivity contribution < 1.29 is 13.9 Å². The first-order chi connectivity index (χ1) is 10.1. The Labute approximate surface area is 132 Å². The first-order valence-electron chi connectivity index (χ1n) is 7.16. The van der Waals surface area contributed by atoms with E-state index in [2.05, 4.69) is 21.2 Å². The van der Waals surface area contributed by atoms with Crippen molar-refractivity contribution in [2.24, 2.45) is 5.73 Å². The van der Waals surface area contributed by atoms with E-state index < -0.39 is 0 Å². The van der Waals surface area contributed by atoms with Crippen LogP contribution in [0.1, 0.15) is 36.0 Å². The Bertz CT molecular complexity index is 491. The fourth-order valence-electron chi connectivity index (χ4n) is 2.41. The zero-order valence-corrected chi connectivity index (χ0v) is 13.4. The van der Waals surface area contributed by atoms with Gasteiger partial charge in [0.15, 0.2) is 0 Å². The summed E-state index contributed by atoms with van der Waals surface area (Å²) in [6.07, 6.45) is 4.22. The summed E-state index contributed by atoms with van der Waals surface area (Å²) in [6, 6.07) is 4.30. The average molecular weight is 359 g/mol. The molecule has 1 aromatic rings. The van der Waals surface area contributed by atoms with Crippen molar-refractivity contribution in [3.63, 3.8) is 0 Å². The first kappa shape index (κ1) is 16.4. The van der Waals surface area contributed by atoms with E-state index in [-0.39, 0.29) is 17.8 Å². The lowest BCUT2D eigenvalue weighted by molar-refractivity contribution is 0.0267. The van der Waals surface area contributed by atoms with Gasteiger partial charge in [0.1, 0.15) is 5.82 Å². The van der Waals surface area contributed by atoms with Crippen LogP contribution in [0.2, 0.25) is 0 Å². The summed E-state index contributed by atoms with van der Waals surface area (Å²) in [5.74, 6) is -0.617. The number of carbonyl (C=O) groups excluding carboxylic acids is 1. The van der Waals surface area contributed by atoms with Crippen LogP contribution in [-0.2, 0) is 4.74 Å². The van der Waals surface area contributed by atoms with E-state index in [1.54, 1.807) is 0 Å². The highest BCUT2D eigenvalue weighted by Gasteiger charge is 2.18. The zero-order valence-electron chi connectivity index (χ0n) is 11.8. The molecule has 0 aliphatic heterocycles. The number of benzene rings is 1. The van der Waals surface area contributed by atoms with Gasteiger partial charge in [-0.05, 0) is 59.8 Å². The van der Waals surface area contributed by atoms with E-state index in [0.29, 0.717) is 29.2 Å². The third-order valence-corrected chi connectivity index (χ3v) is 4.29. The molecule has 1 saturated carbocycles. The number of ether oxygens (including phenoxy) is 1. The summed E-state index contributed by atoms with van der Waals surface area (Å²) in [6.45, 7) is 0.912. The summed E-state index contributed by atoms with van der Waals surface area (Å²) >= 11 is 3.18. The SMILES string of the molecule is NC1CCC(OCCNC(=O)c2ccc(F)cc2Br)CC1. The molecule has 0 unspecified atom stereocenters. The molecule has 0 spiro atoms. The molecule has 0 atom stereocenters. The van der Waals surface area contributed by atoms with E-state index >= 15 is 0 Å². The third kappa shape index (κ3) is 5.05. The minimum absolute atomic E-state index is 0.240. The number of carbonyl (C=O) groups is 1. The maximum absolute atomic E-state index is 13.0. The van der Waals surface area contributed by atoms with Crippen LogP contribution in [0.15, 0.2) is 22.7 Å². The van der Waals surface area contributed by atoms with Gasteiger partial charge >= 0.3 is 0 Å². The molecule has 0 saturated heterocycles. The van der Waals surface area contributed by atoms with Crippen molar-refractivity contribution in [3.05, 3.63) is 34.1 Å². The summed E-state index contributed by atoms with van der Waals surface area (Å²) in [5, 5.41) is 2.77. The second kappa shape index (κ2) is 7.87. The van der Waals surface area contributed by atoms with E-state index in [1.807, 2.05) is 0 Å². The molecule has 0 aromatic heterocycles. The highest BCUT2D eigenvalue weighted by Crippen LogP contribution is 2.20. The topological polar surface area (TPSA) is 64.3 Å². The Morgan fingerprint density at radius 3 is 2.76 bits per heavy atom. The van der Waals surface area contributed by atoms with E-state index in [4.69, 9.17) is 10.5 Å². The largest absolute Gasteiger partial charge is 0.376 e. The van der Waals surface area contributed by atoms with E-state index in [1.165, 1.54) is 18.2 Å². The molecule has 116 valence electrons. The van der Waals surface area contributed by atoms with Gasteiger partial charge in [-0.1, -0.05) is 0 Å². The summed E-state index contributed by atoms with van der Waals surface area (Å²) < 4.78 is 19.1. The summed E-state index contributed by atoms with van der Waals surface area (Å²) in [7, 11) is 0. The van der Waals surface area contributed by atoms with Gasteiger partial charge in [0.05, 0.1) is 18.3 Å². The van der Waals surface area contributed by atoms with Crippen molar-refractivity contribution in [1.29, 1.82) is 0 Å². The molecule has 4 nitrogen and oxygen atoms in total. The molecule has 1 aliphatic rings. The smallest absolute Gasteiger partial charge is 0.252 e. The molecular formula is C15H20BrFN2O2. The van der Waals surface area contributed by atoms with Crippen molar-refractivity contribution in [2.75, 3.05) is 13.2 Å². The van der Waals surface area contributed by atoms with E-state index in [9.17, 15) is 9.18 Å². The molecule has 0 bridgehead atoms. The Balaban J connectivity index is 1.69. The minimum Gasteiger partial charge on any atom is -0.376 e. The Hall–Kier alpha value is -0.980. The fraction of sp³-hybridized carbons (Fsp3) is 0.533. The van der Waals surface area contributed by atoms with Crippen molar-refractivity contribution in [1.82, 2.24) is 5.32 Å². The molecule has 1 aromatic carbocycles. The Kier molecular flexibility index (Phi) is 6.14. The van der Waals surface area contributed by atoms with Crippen LogP contribution in [0.4, 0.5) is 4.39 Å².